The molecule has 17 heavy (non-hydrogen) atoms. The fourth-order valence-corrected chi connectivity index (χ4v) is 1.22. The highest BCUT2D eigenvalue weighted by Gasteiger charge is 2.12. The average molecular weight is 254 g/mol. The van der Waals surface area contributed by atoms with Crippen LogP contribution in [-0.2, 0) is 9.53 Å². The Kier molecular flexibility index (Phi) is 5.23. The Morgan fingerprint density at radius 3 is 2.65 bits per heavy atom. The van der Waals surface area contributed by atoms with Gasteiger partial charge in [0, 0.05) is 6.21 Å². The standard InChI is InChI=1S/C12H12ClNO3/c1-17-12(16)10(11(15)7-13)8-14-9-5-3-2-4-6-9/h2-6,8,15H,7H2,1H3/b11-10-,14-8?. The van der Waals surface area contributed by atoms with Crippen LogP contribution in [0.15, 0.2) is 46.7 Å². The van der Waals surface area contributed by atoms with Gasteiger partial charge in [0.15, 0.2) is 0 Å². The van der Waals surface area contributed by atoms with Gasteiger partial charge in [-0.2, -0.15) is 0 Å². The number of ether oxygens (including phenoxy) is 1. The van der Waals surface area contributed by atoms with E-state index in [1.54, 1.807) is 12.1 Å². The molecule has 0 saturated heterocycles. The van der Waals surface area contributed by atoms with Gasteiger partial charge in [0.1, 0.15) is 11.3 Å². The summed E-state index contributed by atoms with van der Waals surface area (Å²) in [6, 6.07) is 9.02. The van der Waals surface area contributed by atoms with Crippen LogP contribution in [0.4, 0.5) is 5.69 Å². The lowest BCUT2D eigenvalue weighted by Gasteiger charge is -2.02. The molecule has 5 heteroatoms. The summed E-state index contributed by atoms with van der Waals surface area (Å²) >= 11 is 5.45. The number of para-hydroxylation sites is 1. The molecule has 0 aromatic heterocycles. The zero-order chi connectivity index (χ0) is 12.7. The van der Waals surface area contributed by atoms with Crippen molar-refractivity contribution in [1.29, 1.82) is 0 Å². The Balaban J connectivity index is 2.96. The van der Waals surface area contributed by atoms with E-state index in [9.17, 15) is 9.90 Å². The maximum atomic E-state index is 11.3. The first-order valence-electron chi connectivity index (χ1n) is 4.84. The van der Waals surface area contributed by atoms with Gasteiger partial charge in [0.25, 0.3) is 0 Å². The van der Waals surface area contributed by atoms with Crippen LogP contribution in [0, 0.1) is 0 Å². The molecule has 0 aliphatic rings. The molecule has 0 heterocycles. The molecular weight excluding hydrogens is 242 g/mol. The summed E-state index contributed by atoms with van der Waals surface area (Å²) < 4.78 is 4.52. The Labute approximate surface area is 104 Å². The van der Waals surface area contributed by atoms with Crippen LogP contribution in [0.3, 0.4) is 0 Å². The Hall–Kier alpha value is -1.81. The first-order chi connectivity index (χ1) is 8.19. The molecule has 1 N–H and O–H groups in total. The number of halogens is 1. The number of aliphatic hydroxyl groups excluding tert-OH is 1. The second-order valence-electron chi connectivity index (χ2n) is 3.08. The minimum absolute atomic E-state index is 0.0497. The third-order valence-corrected chi connectivity index (χ3v) is 2.19. The number of aliphatic hydroxyl groups is 1. The van der Waals surface area contributed by atoms with Crippen LogP contribution in [0.2, 0.25) is 0 Å². The molecular formula is C12H12ClNO3. The van der Waals surface area contributed by atoms with E-state index in [4.69, 9.17) is 11.6 Å². The third-order valence-electron chi connectivity index (χ3n) is 1.94. The number of aliphatic imine (C=N–C) groups is 1. The molecule has 0 aliphatic heterocycles. The first kappa shape index (κ1) is 13.3. The van der Waals surface area contributed by atoms with Crippen LogP contribution < -0.4 is 0 Å². The number of benzene rings is 1. The van der Waals surface area contributed by atoms with Crippen molar-refractivity contribution in [2.45, 2.75) is 0 Å². The zero-order valence-electron chi connectivity index (χ0n) is 9.26. The molecule has 0 amide bonds. The van der Waals surface area contributed by atoms with Gasteiger partial charge in [-0.05, 0) is 12.1 Å². The monoisotopic (exact) mass is 253 g/mol. The summed E-state index contributed by atoms with van der Waals surface area (Å²) in [6.07, 6.45) is 1.23. The molecule has 0 saturated carbocycles. The van der Waals surface area contributed by atoms with Gasteiger partial charge in [0.2, 0.25) is 0 Å². The summed E-state index contributed by atoms with van der Waals surface area (Å²) in [4.78, 5) is 15.4. The predicted molar refractivity (Wildman–Crippen MR) is 67.0 cm³/mol. The second-order valence-corrected chi connectivity index (χ2v) is 3.35. The van der Waals surface area contributed by atoms with Crippen molar-refractivity contribution < 1.29 is 14.6 Å². The zero-order valence-corrected chi connectivity index (χ0v) is 10.0. The van der Waals surface area contributed by atoms with Gasteiger partial charge in [0.05, 0.1) is 18.7 Å². The van der Waals surface area contributed by atoms with Crippen LogP contribution in [0.1, 0.15) is 0 Å². The molecule has 4 nitrogen and oxygen atoms in total. The Bertz CT molecular complexity index is 440. The highest BCUT2D eigenvalue weighted by molar-refractivity contribution is 6.21. The van der Waals surface area contributed by atoms with Crippen LogP contribution in [0.5, 0.6) is 0 Å². The highest BCUT2D eigenvalue weighted by atomic mass is 35.5. The number of hydrogen-bond donors (Lipinski definition) is 1. The average Bonchev–Trinajstić information content (AvgIpc) is 2.39. The van der Waals surface area contributed by atoms with Gasteiger partial charge in [-0.1, -0.05) is 18.2 Å². The predicted octanol–water partition coefficient (Wildman–Crippen LogP) is 2.61. The number of nitrogens with zero attached hydrogens (tertiary/aromatic N) is 1. The molecule has 1 rings (SSSR count). The van der Waals surface area contributed by atoms with E-state index in [-0.39, 0.29) is 17.2 Å². The first-order valence-corrected chi connectivity index (χ1v) is 5.38. The van der Waals surface area contributed by atoms with E-state index in [1.165, 1.54) is 13.3 Å². The maximum absolute atomic E-state index is 11.3. The summed E-state index contributed by atoms with van der Waals surface area (Å²) in [5, 5.41) is 9.45. The molecule has 0 unspecified atom stereocenters. The largest absolute Gasteiger partial charge is 0.510 e. The Morgan fingerprint density at radius 1 is 1.47 bits per heavy atom. The summed E-state index contributed by atoms with van der Waals surface area (Å²) in [5.74, 6) is -1.12. The molecule has 0 radical (unpaired) electrons. The molecule has 1 aromatic carbocycles. The van der Waals surface area contributed by atoms with Crippen molar-refractivity contribution in [2.75, 3.05) is 13.0 Å². The second kappa shape index (κ2) is 6.70. The maximum Gasteiger partial charge on any atom is 0.342 e. The Morgan fingerprint density at radius 2 is 2.12 bits per heavy atom. The highest BCUT2D eigenvalue weighted by Crippen LogP contribution is 2.11. The van der Waals surface area contributed by atoms with Gasteiger partial charge in [-0.25, -0.2) is 4.79 Å². The number of methoxy groups -OCH3 is 1. The van der Waals surface area contributed by atoms with Gasteiger partial charge >= 0.3 is 5.97 Å². The molecule has 0 aliphatic carbocycles. The van der Waals surface area contributed by atoms with Crippen LogP contribution >= 0.6 is 11.6 Å². The minimum Gasteiger partial charge on any atom is -0.510 e. The molecule has 0 spiro atoms. The van der Waals surface area contributed by atoms with Crippen molar-refractivity contribution in [1.82, 2.24) is 0 Å². The fraction of sp³-hybridized carbons (Fsp3) is 0.167. The molecule has 90 valence electrons. The van der Waals surface area contributed by atoms with Gasteiger partial charge < -0.3 is 9.84 Å². The molecule has 0 fully saturated rings. The van der Waals surface area contributed by atoms with E-state index in [1.807, 2.05) is 18.2 Å². The summed E-state index contributed by atoms with van der Waals surface area (Å²) in [5.41, 5.74) is 0.614. The summed E-state index contributed by atoms with van der Waals surface area (Å²) in [6.45, 7) is 0. The number of hydrogen-bond acceptors (Lipinski definition) is 4. The van der Waals surface area contributed by atoms with Crippen molar-refractivity contribution in [3.63, 3.8) is 0 Å². The third kappa shape index (κ3) is 3.92. The smallest absolute Gasteiger partial charge is 0.342 e. The lowest BCUT2D eigenvalue weighted by atomic mass is 10.2. The fourth-order valence-electron chi connectivity index (χ4n) is 1.08. The molecule has 0 atom stereocenters. The van der Waals surface area contributed by atoms with Crippen molar-refractivity contribution in [2.24, 2.45) is 4.99 Å². The van der Waals surface area contributed by atoms with E-state index in [0.717, 1.165) is 0 Å². The minimum atomic E-state index is -0.678. The van der Waals surface area contributed by atoms with Crippen molar-refractivity contribution in [3.05, 3.63) is 41.7 Å². The quantitative estimate of drug-likeness (QED) is 0.295. The number of carbonyl (C=O) groups is 1. The topological polar surface area (TPSA) is 58.9 Å². The van der Waals surface area contributed by atoms with E-state index in [2.05, 4.69) is 9.73 Å². The van der Waals surface area contributed by atoms with Gasteiger partial charge in [-0.15, -0.1) is 11.6 Å². The SMILES string of the molecule is COC(=O)/C(C=Nc1ccccc1)=C(\O)CCl. The van der Waals surface area contributed by atoms with E-state index >= 15 is 0 Å². The molecule has 1 aromatic rings. The van der Waals surface area contributed by atoms with Crippen LogP contribution in [0.25, 0.3) is 0 Å². The van der Waals surface area contributed by atoms with Crippen molar-refractivity contribution >= 4 is 29.5 Å². The lowest BCUT2D eigenvalue weighted by Crippen LogP contribution is -2.09. The summed E-state index contributed by atoms with van der Waals surface area (Å²) in [7, 11) is 1.22. The number of allylic oxidation sites excluding steroid dienone is 1. The van der Waals surface area contributed by atoms with Crippen LogP contribution in [-0.4, -0.2) is 30.3 Å². The number of alkyl halides is 1. The number of carbonyl (C=O) groups excluding carboxylic acids is 1. The number of rotatable bonds is 4. The van der Waals surface area contributed by atoms with E-state index in [0.29, 0.717) is 5.69 Å². The lowest BCUT2D eigenvalue weighted by molar-refractivity contribution is -0.135. The number of esters is 1. The van der Waals surface area contributed by atoms with E-state index < -0.39 is 5.97 Å². The van der Waals surface area contributed by atoms with Gasteiger partial charge in [-0.3, -0.25) is 4.99 Å². The van der Waals surface area contributed by atoms with Crippen molar-refractivity contribution in [3.8, 4) is 0 Å². The molecule has 0 bridgehead atoms. The normalized spacial score (nSPS) is 12.4.